The minimum atomic E-state index is -1.55. The van der Waals surface area contributed by atoms with Gasteiger partial charge >= 0.3 is 0 Å². The molecule has 1 aliphatic carbocycles. The zero-order valence-corrected chi connectivity index (χ0v) is 18.0. The molecule has 0 amide bonds. The number of hydrogen-bond acceptors (Lipinski definition) is 6. The van der Waals surface area contributed by atoms with Crippen molar-refractivity contribution in [3.8, 4) is 6.07 Å². The Labute approximate surface area is 185 Å². The van der Waals surface area contributed by atoms with Gasteiger partial charge in [-0.1, -0.05) is 51.1 Å². The van der Waals surface area contributed by atoms with Crippen molar-refractivity contribution in [1.82, 2.24) is 4.90 Å². The minimum absolute atomic E-state index is 0.124. The normalized spacial score (nSPS) is 25.5. The number of Topliss-reactive ketones (excluding diaryl/α,β-unsaturated/α-hetero) is 3. The first-order valence-corrected chi connectivity index (χ1v) is 10.6. The van der Waals surface area contributed by atoms with Gasteiger partial charge in [-0.3, -0.25) is 14.4 Å². The van der Waals surface area contributed by atoms with Crippen molar-refractivity contribution in [3.05, 3.63) is 83.5 Å². The molecule has 32 heavy (non-hydrogen) atoms. The molecule has 0 saturated carbocycles. The second-order valence-corrected chi connectivity index (χ2v) is 9.57. The van der Waals surface area contributed by atoms with Crippen LogP contribution in [0.15, 0.2) is 71.0 Å². The van der Waals surface area contributed by atoms with E-state index in [4.69, 9.17) is 4.42 Å². The fourth-order valence-corrected chi connectivity index (χ4v) is 5.45. The fraction of sp³-hybridized carbons (Fsp3) is 0.308. The third-order valence-electron chi connectivity index (χ3n) is 6.82. The Morgan fingerprint density at radius 1 is 1.09 bits per heavy atom. The van der Waals surface area contributed by atoms with E-state index in [1.807, 2.05) is 20.8 Å². The Hall–Kier alpha value is -3.72. The monoisotopic (exact) mass is 426 g/mol. The maximum atomic E-state index is 14.0. The first kappa shape index (κ1) is 20.2. The van der Waals surface area contributed by atoms with Gasteiger partial charge in [0.1, 0.15) is 17.2 Å². The molecule has 1 aromatic heterocycles. The third-order valence-corrected chi connectivity index (χ3v) is 6.82. The highest BCUT2D eigenvalue weighted by Crippen LogP contribution is 2.59. The van der Waals surface area contributed by atoms with Crippen molar-refractivity contribution in [1.29, 1.82) is 5.26 Å². The van der Waals surface area contributed by atoms with Crippen molar-refractivity contribution < 1.29 is 18.8 Å². The van der Waals surface area contributed by atoms with Crippen LogP contribution in [0, 0.1) is 22.2 Å². The number of carbonyl (C=O) groups excluding carboxylic acids is 3. The number of carbonyl (C=O) groups is 3. The average molecular weight is 426 g/mol. The van der Waals surface area contributed by atoms with Crippen molar-refractivity contribution in [2.45, 2.75) is 38.8 Å². The van der Waals surface area contributed by atoms with Crippen LogP contribution in [0.5, 0.6) is 0 Å². The van der Waals surface area contributed by atoms with E-state index in [0.717, 1.165) is 0 Å². The molecule has 2 aromatic rings. The molecule has 3 aliphatic rings. The predicted molar refractivity (Wildman–Crippen MR) is 116 cm³/mol. The number of allylic oxidation sites excluding steroid dienone is 2. The van der Waals surface area contributed by atoms with Gasteiger partial charge in [-0.25, -0.2) is 0 Å². The van der Waals surface area contributed by atoms with Gasteiger partial charge in [-0.15, -0.1) is 0 Å². The van der Waals surface area contributed by atoms with Crippen molar-refractivity contribution in [2.24, 2.45) is 10.8 Å². The third kappa shape index (κ3) is 2.42. The second kappa shape index (κ2) is 6.64. The highest BCUT2D eigenvalue weighted by Gasteiger charge is 2.72. The molecule has 0 unspecified atom stereocenters. The van der Waals surface area contributed by atoms with Crippen LogP contribution < -0.4 is 0 Å². The van der Waals surface area contributed by atoms with E-state index < -0.39 is 28.8 Å². The standard InChI is InChI=1S/C26H22N2O4/c1-25(2,3)24(31)21-20(18-9-6-12-32-18)26(19-11-10-15(13-27)14-28(19)21)22(29)16-7-4-5-8-17(16)23(26)30/h4-12,14,19-21H,1-3H3/t19-,20+,21-/m1/s1. The Morgan fingerprint density at radius 2 is 1.75 bits per heavy atom. The van der Waals surface area contributed by atoms with Crippen molar-refractivity contribution >= 4 is 17.3 Å². The lowest BCUT2D eigenvalue weighted by Crippen LogP contribution is -2.47. The summed E-state index contributed by atoms with van der Waals surface area (Å²) in [6.07, 6.45) is 6.43. The van der Waals surface area contributed by atoms with Gasteiger partial charge in [0, 0.05) is 22.7 Å². The van der Waals surface area contributed by atoms with Crippen LogP contribution in [-0.4, -0.2) is 34.3 Å². The molecule has 0 N–H and O–H groups in total. The lowest BCUT2D eigenvalue weighted by Gasteiger charge is -2.34. The summed E-state index contributed by atoms with van der Waals surface area (Å²) in [5.41, 5.74) is -1.22. The summed E-state index contributed by atoms with van der Waals surface area (Å²) in [5.74, 6) is -1.16. The molecule has 3 atom stereocenters. The highest BCUT2D eigenvalue weighted by molar-refractivity contribution is 6.31. The van der Waals surface area contributed by atoms with E-state index in [2.05, 4.69) is 6.07 Å². The Balaban J connectivity index is 1.83. The van der Waals surface area contributed by atoms with Gasteiger partial charge in [0.15, 0.2) is 17.3 Å². The zero-order chi connectivity index (χ0) is 22.8. The van der Waals surface area contributed by atoms with Gasteiger partial charge in [-0.05, 0) is 18.2 Å². The van der Waals surface area contributed by atoms with E-state index >= 15 is 0 Å². The summed E-state index contributed by atoms with van der Waals surface area (Å²) < 4.78 is 5.76. The van der Waals surface area contributed by atoms with E-state index in [1.54, 1.807) is 59.7 Å². The summed E-state index contributed by atoms with van der Waals surface area (Å²) in [7, 11) is 0. The number of ketones is 3. The lowest BCUT2D eigenvalue weighted by molar-refractivity contribution is -0.130. The number of benzene rings is 1. The molecule has 1 fully saturated rings. The number of rotatable bonds is 2. The molecule has 160 valence electrons. The summed E-state index contributed by atoms with van der Waals surface area (Å²) in [4.78, 5) is 43.6. The molecule has 1 aromatic carbocycles. The van der Waals surface area contributed by atoms with Crippen LogP contribution in [0.3, 0.4) is 0 Å². The lowest BCUT2D eigenvalue weighted by atomic mass is 9.65. The molecule has 6 heteroatoms. The molecule has 0 bridgehead atoms. The number of fused-ring (bicyclic) bond motifs is 3. The minimum Gasteiger partial charge on any atom is -0.469 e. The van der Waals surface area contributed by atoms with Crippen LogP contribution in [0.2, 0.25) is 0 Å². The summed E-state index contributed by atoms with van der Waals surface area (Å²) in [6, 6.07) is 10.8. The van der Waals surface area contributed by atoms with Crippen LogP contribution in [-0.2, 0) is 4.79 Å². The van der Waals surface area contributed by atoms with E-state index in [1.165, 1.54) is 6.26 Å². The summed E-state index contributed by atoms with van der Waals surface area (Å²) in [6.45, 7) is 5.45. The van der Waals surface area contributed by atoms with Gasteiger partial charge in [0.05, 0.1) is 29.8 Å². The quantitative estimate of drug-likeness (QED) is 0.672. The van der Waals surface area contributed by atoms with Crippen LogP contribution in [0.4, 0.5) is 0 Å². The Kier molecular flexibility index (Phi) is 4.19. The van der Waals surface area contributed by atoms with E-state index in [0.29, 0.717) is 22.5 Å². The molecule has 1 saturated heterocycles. The van der Waals surface area contributed by atoms with Gasteiger partial charge in [0.25, 0.3) is 0 Å². The van der Waals surface area contributed by atoms with Crippen LogP contribution in [0.1, 0.15) is 53.2 Å². The zero-order valence-electron chi connectivity index (χ0n) is 18.0. The molecule has 0 radical (unpaired) electrons. The maximum Gasteiger partial charge on any atom is 0.180 e. The predicted octanol–water partition coefficient (Wildman–Crippen LogP) is 4.07. The Bertz CT molecular complexity index is 1220. The molecule has 3 heterocycles. The van der Waals surface area contributed by atoms with Crippen molar-refractivity contribution in [3.63, 3.8) is 0 Å². The van der Waals surface area contributed by atoms with E-state index in [9.17, 15) is 19.6 Å². The number of hydrogen-bond donors (Lipinski definition) is 0. The molecule has 2 aliphatic heterocycles. The Morgan fingerprint density at radius 3 is 2.28 bits per heavy atom. The molecular weight excluding hydrogens is 404 g/mol. The smallest absolute Gasteiger partial charge is 0.180 e. The summed E-state index contributed by atoms with van der Waals surface area (Å²) in [5, 5.41) is 9.51. The number of nitriles is 1. The fourth-order valence-electron chi connectivity index (χ4n) is 5.45. The van der Waals surface area contributed by atoms with Gasteiger partial charge in [0.2, 0.25) is 0 Å². The highest BCUT2D eigenvalue weighted by atomic mass is 16.3. The van der Waals surface area contributed by atoms with Gasteiger partial charge < -0.3 is 9.32 Å². The molecule has 6 nitrogen and oxygen atoms in total. The second-order valence-electron chi connectivity index (χ2n) is 9.57. The SMILES string of the molecule is CC(C)(C)C(=O)[C@H]1[C@H](c2ccco2)C2(C(=O)c3ccccc3C2=O)[C@H]2C=CC(C#N)=CN12. The van der Waals surface area contributed by atoms with Crippen LogP contribution in [0.25, 0.3) is 0 Å². The largest absolute Gasteiger partial charge is 0.469 e. The van der Waals surface area contributed by atoms with Crippen LogP contribution >= 0.6 is 0 Å². The first-order chi connectivity index (χ1) is 15.2. The molecule has 1 spiro atoms. The topological polar surface area (TPSA) is 91.4 Å². The molecule has 5 rings (SSSR count). The first-order valence-electron chi connectivity index (χ1n) is 10.6. The van der Waals surface area contributed by atoms with Gasteiger partial charge in [-0.2, -0.15) is 5.26 Å². The van der Waals surface area contributed by atoms with Crippen molar-refractivity contribution in [2.75, 3.05) is 0 Å². The van der Waals surface area contributed by atoms with E-state index in [-0.39, 0.29) is 17.3 Å². The summed E-state index contributed by atoms with van der Waals surface area (Å²) >= 11 is 0. The number of nitrogens with zero attached hydrogens (tertiary/aromatic N) is 2. The number of furan rings is 1. The average Bonchev–Trinajstić information content (AvgIpc) is 3.45. The maximum absolute atomic E-state index is 14.0. The molecular formula is C26H22N2O4.